The van der Waals surface area contributed by atoms with Crippen LogP contribution >= 0.6 is 0 Å². The van der Waals surface area contributed by atoms with Gasteiger partial charge in [-0.3, -0.25) is 4.79 Å². The Morgan fingerprint density at radius 3 is 3.04 bits per heavy atom. The normalized spacial score (nSPS) is 17.7. The number of rotatable bonds is 6. The molecular formula is C19H26N4O3. The number of pyridine rings is 1. The fourth-order valence-corrected chi connectivity index (χ4v) is 3.14. The molecule has 1 aliphatic heterocycles. The van der Waals surface area contributed by atoms with Crippen molar-refractivity contribution in [3.05, 3.63) is 41.4 Å². The highest BCUT2D eigenvalue weighted by Gasteiger charge is 2.27. The Kier molecular flexibility index (Phi) is 5.88. The summed E-state index contributed by atoms with van der Waals surface area (Å²) in [5.41, 5.74) is 7.66. The van der Waals surface area contributed by atoms with Gasteiger partial charge in [0.1, 0.15) is 5.82 Å². The van der Waals surface area contributed by atoms with Crippen molar-refractivity contribution >= 4 is 11.7 Å². The minimum Gasteiger partial charge on any atom is -0.384 e. The molecule has 0 saturated carbocycles. The molecule has 140 valence electrons. The summed E-state index contributed by atoms with van der Waals surface area (Å²) >= 11 is 0. The van der Waals surface area contributed by atoms with Crippen molar-refractivity contribution < 1.29 is 14.1 Å². The predicted molar refractivity (Wildman–Crippen MR) is 97.7 cm³/mol. The van der Waals surface area contributed by atoms with Crippen LogP contribution in [-0.4, -0.2) is 46.7 Å². The predicted octanol–water partition coefficient (Wildman–Crippen LogP) is 2.32. The lowest BCUT2D eigenvalue weighted by molar-refractivity contribution is -0.0257. The van der Waals surface area contributed by atoms with Gasteiger partial charge >= 0.3 is 0 Å². The summed E-state index contributed by atoms with van der Waals surface area (Å²) in [7, 11) is 0. The van der Waals surface area contributed by atoms with E-state index in [1.165, 1.54) is 0 Å². The van der Waals surface area contributed by atoms with Gasteiger partial charge in [0.15, 0.2) is 0 Å². The SMILES string of the molecule is CC(C)Cc1cc(C(=O)N2CCO[C@H](CCc3ccnc(N)c3)C2)on1. The van der Waals surface area contributed by atoms with Crippen LogP contribution in [0.25, 0.3) is 0 Å². The van der Waals surface area contributed by atoms with Crippen LogP contribution in [0.2, 0.25) is 0 Å². The standard InChI is InChI=1S/C19H26N4O3/c1-13(2)9-15-11-17(26-22-15)19(24)23-7-8-25-16(12-23)4-3-14-5-6-21-18(20)10-14/h5-6,10-11,13,16H,3-4,7-9,12H2,1-2H3,(H2,20,21)/t16-/m1/s1. The number of nitrogen functional groups attached to an aromatic ring is 1. The minimum atomic E-state index is -0.117. The summed E-state index contributed by atoms with van der Waals surface area (Å²) in [6.07, 6.45) is 4.17. The second kappa shape index (κ2) is 8.31. The highest BCUT2D eigenvalue weighted by Crippen LogP contribution is 2.17. The molecule has 1 atom stereocenters. The van der Waals surface area contributed by atoms with Crippen LogP contribution in [0.3, 0.4) is 0 Å². The molecule has 2 aromatic heterocycles. The molecule has 1 amide bonds. The monoisotopic (exact) mass is 358 g/mol. The molecule has 0 unspecified atom stereocenters. The highest BCUT2D eigenvalue weighted by atomic mass is 16.5. The van der Waals surface area contributed by atoms with Gasteiger partial charge in [-0.2, -0.15) is 0 Å². The number of hydrogen-bond donors (Lipinski definition) is 1. The van der Waals surface area contributed by atoms with Crippen LogP contribution in [0.4, 0.5) is 5.82 Å². The van der Waals surface area contributed by atoms with E-state index < -0.39 is 0 Å². The maximum atomic E-state index is 12.7. The van der Waals surface area contributed by atoms with Crippen LogP contribution < -0.4 is 5.73 Å². The molecule has 0 aromatic carbocycles. The van der Waals surface area contributed by atoms with Crippen LogP contribution in [-0.2, 0) is 17.6 Å². The van der Waals surface area contributed by atoms with Gasteiger partial charge in [-0.15, -0.1) is 0 Å². The zero-order valence-corrected chi connectivity index (χ0v) is 15.4. The summed E-state index contributed by atoms with van der Waals surface area (Å²) in [6, 6.07) is 5.58. The molecule has 0 bridgehead atoms. The number of hydrogen-bond acceptors (Lipinski definition) is 6. The highest BCUT2D eigenvalue weighted by molar-refractivity contribution is 5.91. The molecule has 2 N–H and O–H groups in total. The van der Waals surface area contributed by atoms with Gasteiger partial charge < -0.3 is 19.9 Å². The van der Waals surface area contributed by atoms with Gasteiger partial charge in [-0.05, 0) is 42.9 Å². The summed E-state index contributed by atoms with van der Waals surface area (Å²) in [5, 5.41) is 4.00. The number of aromatic nitrogens is 2. The lowest BCUT2D eigenvalue weighted by Gasteiger charge is -2.32. The fraction of sp³-hybridized carbons (Fsp3) is 0.526. The second-order valence-corrected chi connectivity index (χ2v) is 7.15. The zero-order valence-electron chi connectivity index (χ0n) is 15.4. The number of ether oxygens (including phenoxy) is 1. The second-order valence-electron chi connectivity index (χ2n) is 7.15. The minimum absolute atomic E-state index is 0.000135. The molecule has 26 heavy (non-hydrogen) atoms. The van der Waals surface area contributed by atoms with Gasteiger partial charge in [-0.25, -0.2) is 4.98 Å². The van der Waals surface area contributed by atoms with Crippen molar-refractivity contribution in [2.45, 2.75) is 39.2 Å². The van der Waals surface area contributed by atoms with E-state index in [4.69, 9.17) is 15.0 Å². The number of morpholine rings is 1. The average Bonchev–Trinajstić information content (AvgIpc) is 3.07. The van der Waals surface area contributed by atoms with E-state index in [-0.39, 0.29) is 12.0 Å². The largest absolute Gasteiger partial charge is 0.384 e. The third-order valence-corrected chi connectivity index (χ3v) is 4.41. The number of anilines is 1. The maximum absolute atomic E-state index is 12.7. The van der Waals surface area contributed by atoms with Crippen molar-refractivity contribution in [2.75, 3.05) is 25.4 Å². The Labute approximate surface area is 153 Å². The van der Waals surface area contributed by atoms with E-state index in [1.54, 1.807) is 17.2 Å². The Bertz CT molecular complexity index is 744. The lowest BCUT2D eigenvalue weighted by Crippen LogP contribution is -2.45. The molecule has 3 heterocycles. The summed E-state index contributed by atoms with van der Waals surface area (Å²) in [6.45, 7) is 5.87. The number of aryl methyl sites for hydroxylation is 1. The average molecular weight is 358 g/mol. The molecule has 0 aliphatic carbocycles. The smallest absolute Gasteiger partial charge is 0.292 e. The Morgan fingerprint density at radius 2 is 2.27 bits per heavy atom. The molecule has 1 fully saturated rings. The van der Waals surface area contributed by atoms with E-state index in [0.29, 0.717) is 37.2 Å². The van der Waals surface area contributed by atoms with E-state index in [1.807, 2.05) is 12.1 Å². The molecule has 1 aliphatic rings. The first-order valence-corrected chi connectivity index (χ1v) is 9.08. The van der Waals surface area contributed by atoms with E-state index >= 15 is 0 Å². The fourth-order valence-electron chi connectivity index (χ4n) is 3.14. The number of carbonyl (C=O) groups is 1. The molecule has 7 nitrogen and oxygen atoms in total. The van der Waals surface area contributed by atoms with Gasteiger partial charge in [0.25, 0.3) is 5.91 Å². The zero-order chi connectivity index (χ0) is 18.5. The first-order valence-electron chi connectivity index (χ1n) is 9.08. The number of carbonyl (C=O) groups excluding carboxylic acids is 1. The number of nitrogens with zero attached hydrogens (tertiary/aromatic N) is 3. The summed E-state index contributed by atoms with van der Waals surface area (Å²) in [5.74, 6) is 1.18. The first-order chi connectivity index (χ1) is 12.5. The van der Waals surface area contributed by atoms with E-state index in [0.717, 1.165) is 30.5 Å². The van der Waals surface area contributed by atoms with E-state index in [2.05, 4.69) is 24.0 Å². The van der Waals surface area contributed by atoms with Crippen molar-refractivity contribution in [1.29, 1.82) is 0 Å². The maximum Gasteiger partial charge on any atom is 0.292 e. The Hall–Kier alpha value is -2.41. The molecule has 1 saturated heterocycles. The topological polar surface area (TPSA) is 94.5 Å². The van der Waals surface area contributed by atoms with Gasteiger partial charge in [-0.1, -0.05) is 19.0 Å². The first kappa shape index (κ1) is 18.4. The van der Waals surface area contributed by atoms with Gasteiger partial charge in [0.2, 0.25) is 5.76 Å². The third kappa shape index (κ3) is 4.82. The van der Waals surface area contributed by atoms with Crippen molar-refractivity contribution in [1.82, 2.24) is 15.0 Å². The molecule has 0 radical (unpaired) electrons. The lowest BCUT2D eigenvalue weighted by atomic mass is 10.1. The molecule has 3 rings (SSSR count). The van der Waals surface area contributed by atoms with Crippen LogP contribution in [0.1, 0.15) is 42.1 Å². The van der Waals surface area contributed by atoms with Crippen LogP contribution in [0, 0.1) is 5.92 Å². The van der Waals surface area contributed by atoms with Crippen molar-refractivity contribution in [2.24, 2.45) is 5.92 Å². The molecule has 0 spiro atoms. The Balaban J connectivity index is 1.55. The van der Waals surface area contributed by atoms with Gasteiger partial charge in [0.05, 0.1) is 18.4 Å². The Morgan fingerprint density at radius 1 is 1.42 bits per heavy atom. The summed E-state index contributed by atoms with van der Waals surface area (Å²) < 4.78 is 11.1. The molecular weight excluding hydrogens is 332 g/mol. The van der Waals surface area contributed by atoms with Crippen molar-refractivity contribution in [3.63, 3.8) is 0 Å². The van der Waals surface area contributed by atoms with Crippen molar-refractivity contribution in [3.8, 4) is 0 Å². The molecule has 2 aromatic rings. The number of amides is 1. The molecule has 7 heteroatoms. The van der Waals surface area contributed by atoms with Crippen LogP contribution in [0.5, 0.6) is 0 Å². The number of nitrogens with two attached hydrogens (primary N) is 1. The quantitative estimate of drug-likeness (QED) is 0.851. The van der Waals surface area contributed by atoms with E-state index in [9.17, 15) is 4.79 Å². The van der Waals surface area contributed by atoms with Gasteiger partial charge in [0, 0.05) is 25.4 Å². The van der Waals surface area contributed by atoms with Crippen LogP contribution in [0.15, 0.2) is 28.9 Å². The third-order valence-electron chi connectivity index (χ3n) is 4.41. The summed E-state index contributed by atoms with van der Waals surface area (Å²) in [4.78, 5) is 18.5.